The fourth-order valence-electron chi connectivity index (χ4n) is 1.13. The number of benzene rings is 1. The zero-order chi connectivity index (χ0) is 9.97. The third-order valence-corrected chi connectivity index (χ3v) is 2.27. The average molecular weight is 209 g/mol. The summed E-state index contributed by atoms with van der Waals surface area (Å²) in [5, 5.41) is 14.0. The van der Waals surface area contributed by atoms with Gasteiger partial charge < -0.3 is 5.32 Å². The minimum absolute atomic E-state index is 0.687. The molecule has 0 aliphatic heterocycles. The lowest BCUT2D eigenvalue weighted by Gasteiger charge is -2.04. The number of halogens is 1. The summed E-state index contributed by atoms with van der Waals surface area (Å²) in [6.45, 7) is 1.95. The van der Waals surface area contributed by atoms with Crippen molar-refractivity contribution >= 4 is 23.1 Å². The standard InChI is InChI=1S/C9H9ClN4/c1-6-4-7(2-3-8(6)10)12-9-5-11-14-13-9/h2-5H,1H3,(H2,11,12,13,14). The number of H-pyrrole nitrogens is 1. The monoisotopic (exact) mass is 208 g/mol. The van der Waals surface area contributed by atoms with Crippen LogP contribution in [0.15, 0.2) is 24.4 Å². The van der Waals surface area contributed by atoms with Gasteiger partial charge in [0, 0.05) is 10.7 Å². The second-order valence-electron chi connectivity index (χ2n) is 2.94. The van der Waals surface area contributed by atoms with Gasteiger partial charge in [-0.2, -0.15) is 10.3 Å². The average Bonchev–Trinajstić information content (AvgIpc) is 2.64. The van der Waals surface area contributed by atoms with Crippen LogP contribution < -0.4 is 5.32 Å². The first kappa shape index (κ1) is 9.02. The van der Waals surface area contributed by atoms with E-state index in [2.05, 4.69) is 20.7 Å². The number of nitrogens with one attached hydrogen (secondary N) is 2. The minimum Gasteiger partial charge on any atom is -0.337 e. The van der Waals surface area contributed by atoms with Crippen LogP contribution >= 0.6 is 11.6 Å². The van der Waals surface area contributed by atoms with Gasteiger partial charge in [0.25, 0.3) is 0 Å². The van der Waals surface area contributed by atoms with E-state index in [0.29, 0.717) is 5.82 Å². The molecule has 1 aromatic heterocycles. The van der Waals surface area contributed by atoms with E-state index in [-0.39, 0.29) is 0 Å². The molecule has 0 amide bonds. The van der Waals surface area contributed by atoms with Gasteiger partial charge in [-0.15, -0.1) is 5.10 Å². The Kier molecular flexibility index (Phi) is 2.37. The predicted octanol–water partition coefficient (Wildman–Crippen LogP) is 2.51. The highest BCUT2D eigenvalue weighted by atomic mass is 35.5. The first-order valence-electron chi connectivity index (χ1n) is 4.14. The molecule has 0 bridgehead atoms. The molecule has 4 nitrogen and oxygen atoms in total. The molecule has 1 heterocycles. The molecule has 0 spiro atoms. The van der Waals surface area contributed by atoms with E-state index in [1.54, 1.807) is 6.20 Å². The third kappa shape index (κ3) is 1.85. The van der Waals surface area contributed by atoms with E-state index < -0.39 is 0 Å². The smallest absolute Gasteiger partial charge is 0.172 e. The van der Waals surface area contributed by atoms with Crippen molar-refractivity contribution in [3.8, 4) is 0 Å². The van der Waals surface area contributed by atoms with Crippen LogP contribution in [-0.2, 0) is 0 Å². The Hall–Kier alpha value is -1.55. The van der Waals surface area contributed by atoms with Crippen LogP contribution in [0.1, 0.15) is 5.56 Å². The van der Waals surface area contributed by atoms with Crippen LogP contribution in [0, 0.1) is 6.92 Å². The summed E-state index contributed by atoms with van der Waals surface area (Å²) in [5.74, 6) is 0.687. The van der Waals surface area contributed by atoms with Crippen molar-refractivity contribution < 1.29 is 0 Å². The Morgan fingerprint density at radius 3 is 2.93 bits per heavy atom. The summed E-state index contributed by atoms with van der Waals surface area (Å²) in [5.41, 5.74) is 1.97. The fraction of sp³-hybridized carbons (Fsp3) is 0.111. The van der Waals surface area contributed by atoms with E-state index >= 15 is 0 Å². The largest absolute Gasteiger partial charge is 0.337 e. The maximum Gasteiger partial charge on any atom is 0.172 e. The molecule has 2 aromatic rings. The minimum atomic E-state index is 0.687. The highest BCUT2D eigenvalue weighted by molar-refractivity contribution is 6.31. The van der Waals surface area contributed by atoms with Crippen molar-refractivity contribution in [3.05, 3.63) is 35.0 Å². The molecule has 0 radical (unpaired) electrons. The normalized spacial score (nSPS) is 10.1. The third-order valence-electron chi connectivity index (χ3n) is 1.85. The van der Waals surface area contributed by atoms with E-state index in [1.165, 1.54) is 0 Å². The fourth-order valence-corrected chi connectivity index (χ4v) is 1.25. The highest BCUT2D eigenvalue weighted by Gasteiger charge is 1.99. The number of aromatic amines is 1. The van der Waals surface area contributed by atoms with Crippen molar-refractivity contribution in [1.29, 1.82) is 0 Å². The summed E-state index contributed by atoms with van der Waals surface area (Å²) < 4.78 is 0. The van der Waals surface area contributed by atoms with Crippen molar-refractivity contribution in [1.82, 2.24) is 15.4 Å². The maximum absolute atomic E-state index is 5.90. The summed E-state index contributed by atoms with van der Waals surface area (Å²) >= 11 is 5.90. The molecule has 0 saturated carbocycles. The zero-order valence-corrected chi connectivity index (χ0v) is 8.34. The summed E-state index contributed by atoms with van der Waals surface area (Å²) in [7, 11) is 0. The molecule has 1 aromatic carbocycles. The quantitative estimate of drug-likeness (QED) is 0.798. The van der Waals surface area contributed by atoms with Gasteiger partial charge in [-0.1, -0.05) is 11.6 Å². The molecule has 0 fully saturated rings. The number of aromatic nitrogens is 3. The van der Waals surface area contributed by atoms with Crippen LogP contribution in [0.2, 0.25) is 5.02 Å². The van der Waals surface area contributed by atoms with E-state index in [4.69, 9.17) is 11.6 Å². The summed E-state index contributed by atoms with van der Waals surface area (Å²) in [6.07, 6.45) is 1.62. The Bertz CT molecular complexity index is 424. The number of hydrogen-bond donors (Lipinski definition) is 2. The van der Waals surface area contributed by atoms with Gasteiger partial charge in [0.15, 0.2) is 5.82 Å². The van der Waals surface area contributed by atoms with Crippen molar-refractivity contribution in [2.24, 2.45) is 0 Å². The van der Waals surface area contributed by atoms with Gasteiger partial charge >= 0.3 is 0 Å². The lowest BCUT2D eigenvalue weighted by Crippen LogP contribution is -1.90. The first-order valence-corrected chi connectivity index (χ1v) is 4.52. The summed E-state index contributed by atoms with van der Waals surface area (Å²) in [4.78, 5) is 0. The Morgan fingerprint density at radius 2 is 2.29 bits per heavy atom. The van der Waals surface area contributed by atoms with Gasteiger partial charge in [-0.25, -0.2) is 0 Å². The SMILES string of the molecule is Cc1cc(Nc2cn[nH]n2)ccc1Cl. The maximum atomic E-state index is 5.90. The molecule has 2 N–H and O–H groups in total. The number of anilines is 2. The highest BCUT2D eigenvalue weighted by Crippen LogP contribution is 2.21. The number of nitrogens with zero attached hydrogens (tertiary/aromatic N) is 2. The number of aryl methyl sites for hydroxylation is 1. The van der Waals surface area contributed by atoms with E-state index in [0.717, 1.165) is 16.3 Å². The lowest BCUT2D eigenvalue weighted by atomic mass is 10.2. The van der Waals surface area contributed by atoms with E-state index in [1.807, 2.05) is 25.1 Å². The van der Waals surface area contributed by atoms with Crippen molar-refractivity contribution in [2.45, 2.75) is 6.92 Å². The number of rotatable bonds is 2. The second kappa shape index (κ2) is 3.67. The lowest BCUT2D eigenvalue weighted by molar-refractivity contribution is 0.942. The van der Waals surface area contributed by atoms with Crippen molar-refractivity contribution in [2.75, 3.05) is 5.32 Å². The Morgan fingerprint density at radius 1 is 1.43 bits per heavy atom. The molecule has 0 saturated heterocycles. The molecule has 0 aliphatic carbocycles. The number of hydrogen-bond acceptors (Lipinski definition) is 3. The molecule has 72 valence electrons. The van der Waals surface area contributed by atoms with Gasteiger partial charge in [0.1, 0.15) is 0 Å². The van der Waals surface area contributed by atoms with Crippen LogP contribution in [0.3, 0.4) is 0 Å². The Labute approximate surface area is 86.3 Å². The van der Waals surface area contributed by atoms with Crippen LogP contribution in [0.4, 0.5) is 11.5 Å². The van der Waals surface area contributed by atoms with Crippen LogP contribution in [0.25, 0.3) is 0 Å². The second-order valence-corrected chi connectivity index (χ2v) is 3.35. The van der Waals surface area contributed by atoms with Gasteiger partial charge in [0.05, 0.1) is 6.20 Å². The molecular weight excluding hydrogens is 200 g/mol. The van der Waals surface area contributed by atoms with Gasteiger partial charge in [0.2, 0.25) is 0 Å². The van der Waals surface area contributed by atoms with E-state index in [9.17, 15) is 0 Å². The van der Waals surface area contributed by atoms with Gasteiger partial charge in [-0.05, 0) is 30.7 Å². The molecule has 0 unspecified atom stereocenters. The molecule has 5 heteroatoms. The first-order chi connectivity index (χ1) is 6.75. The topological polar surface area (TPSA) is 53.6 Å². The zero-order valence-electron chi connectivity index (χ0n) is 7.58. The molecular formula is C9H9ClN4. The molecule has 0 aliphatic rings. The van der Waals surface area contributed by atoms with Crippen LogP contribution in [-0.4, -0.2) is 15.4 Å². The van der Waals surface area contributed by atoms with Gasteiger partial charge in [-0.3, -0.25) is 0 Å². The van der Waals surface area contributed by atoms with Crippen molar-refractivity contribution in [3.63, 3.8) is 0 Å². The predicted molar refractivity (Wildman–Crippen MR) is 55.9 cm³/mol. The molecule has 0 atom stereocenters. The van der Waals surface area contributed by atoms with Crippen LogP contribution in [0.5, 0.6) is 0 Å². The Balaban J connectivity index is 2.22. The molecule has 2 rings (SSSR count). The molecule has 14 heavy (non-hydrogen) atoms. The summed E-state index contributed by atoms with van der Waals surface area (Å²) in [6, 6.07) is 5.69.